The lowest BCUT2D eigenvalue weighted by atomic mass is 10.1. The Morgan fingerprint density at radius 3 is 2.72 bits per heavy atom. The second-order valence-corrected chi connectivity index (χ2v) is 5.43. The molecule has 1 aliphatic rings. The van der Waals surface area contributed by atoms with Gasteiger partial charge in [0.2, 0.25) is 12.0 Å². The van der Waals surface area contributed by atoms with Crippen LogP contribution in [-0.4, -0.2) is 31.6 Å². The van der Waals surface area contributed by atoms with Gasteiger partial charge in [0.05, 0.1) is 13.5 Å². The third-order valence-corrected chi connectivity index (χ3v) is 3.62. The maximum Gasteiger partial charge on any atom is 0.283 e. The molecule has 1 unspecified atom stereocenters. The molecule has 2 aromatic rings. The molecule has 7 heteroatoms. The van der Waals surface area contributed by atoms with Crippen LogP contribution in [-0.2, 0) is 16.0 Å². The van der Waals surface area contributed by atoms with Gasteiger partial charge in [-0.05, 0) is 29.8 Å². The molecule has 1 atom stereocenters. The molecule has 2 N–H and O–H groups in total. The number of nitrogens with one attached hydrogen (secondary N) is 2. The number of hydrogen-bond acceptors (Lipinski definition) is 5. The summed E-state index contributed by atoms with van der Waals surface area (Å²) in [7, 11) is 1.56. The summed E-state index contributed by atoms with van der Waals surface area (Å²) in [5.41, 5.74) is 5.51. The highest BCUT2D eigenvalue weighted by molar-refractivity contribution is 5.86. The van der Waals surface area contributed by atoms with E-state index < -0.39 is 12.0 Å². The Hall–Kier alpha value is -3.22. The zero-order valence-electron chi connectivity index (χ0n) is 13.7. The summed E-state index contributed by atoms with van der Waals surface area (Å²) in [6, 6.07) is 14.2. The Morgan fingerprint density at radius 1 is 1.12 bits per heavy atom. The fraction of sp³-hybridized carbons (Fsp3) is 0.222. The number of hydrogen-bond donors (Lipinski definition) is 2. The zero-order valence-corrected chi connectivity index (χ0v) is 13.7. The average Bonchev–Trinajstić information content (AvgIpc) is 2.65. The van der Waals surface area contributed by atoms with Gasteiger partial charge in [-0.2, -0.15) is 0 Å². The number of para-hydroxylation sites is 2. The third-order valence-electron chi connectivity index (χ3n) is 3.62. The van der Waals surface area contributed by atoms with Gasteiger partial charge in [-0.3, -0.25) is 20.4 Å². The molecular weight excluding hydrogens is 324 g/mol. The van der Waals surface area contributed by atoms with Crippen molar-refractivity contribution in [2.45, 2.75) is 12.5 Å². The molecule has 0 bridgehead atoms. The number of carbonyl (C=O) groups is 2. The number of methoxy groups -OCH3 is 1. The van der Waals surface area contributed by atoms with Crippen LogP contribution < -0.4 is 25.1 Å². The van der Waals surface area contributed by atoms with Crippen LogP contribution in [0.2, 0.25) is 0 Å². The van der Waals surface area contributed by atoms with Crippen LogP contribution in [0.25, 0.3) is 0 Å². The summed E-state index contributed by atoms with van der Waals surface area (Å²) >= 11 is 0. The highest BCUT2D eigenvalue weighted by Gasteiger charge is 2.27. The van der Waals surface area contributed by atoms with E-state index in [2.05, 4.69) is 10.9 Å². The molecule has 0 radical (unpaired) electrons. The van der Waals surface area contributed by atoms with E-state index in [0.717, 1.165) is 5.56 Å². The standard InChI is InChI=1S/C18H18N2O5/c1-23-13-6-4-5-12(9-13)10-17(21)19-20-18(22)16-11-24-14-7-2-3-8-15(14)25-16/h2-9,16H,10-11H2,1H3,(H,19,21)(H,20,22). The molecule has 2 aromatic carbocycles. The summed E-state index contributed by atoms with van der Waals surface area (Å²) < 4.78 is 16.2. The second kappa shape index (κ2) is 7.57. The molecule has 1 heterocycles. The largest absolute Gasteiger partial charge is 0.497 e. The number of rotatable bonds is 4. The highest BCUT2D eigenvalue weighted by Crippen LogP contribution is 2.30. The van der Waals surface area contributed by atoms with Crippen LogP contribution in [0.1, 0.15) is 5.56 Å². The molecule has 0 fully saturated rings. The van der Waals surface area contributed by atoms with E-state index in [-0.39, 0.29) is 18.9 Å². The SMILES string of the molecule is COc1cccc(CC(=O)NNC(=O)C2COc3ccccc3O2)c1. The Bertz CT molecular complexity index is 778. The van der Waals surface area contributed by atoms with Gasteiger partial charge in [-0.15, -0.1) is 0 Å². The minimum absolute atomic E-state index is 0.0780. The lowest BCUT2D eigenvalue weighted by Gasteiger charge is -2.25. The van der Waals surface area contributed by atoms with Gasteiger partial charge in [0.25, 0.3) is 5.91 Å². The van der Waals surface area contributed by atoms with Gasteiger partial charge in [-0.1, -0.05) is 24.3 Å². The predicted molar refractivity (Wildman–Crippen MR) is 89.3 cm³/mol. The van der Waals surface area contributed by atoms with Gasteiger partial charge in [0.15, 0.2) is 11.5 Å². The Kier molecular flexibility index (Phi) is 5.03. The predicted octanol–water partition coefficient (Wildman–Crippen LogP) is 1.23. The van der Waals surface area contributed by atoms with Gasteiger partial charge in [-0.25, -0.2) is 0 Å². The first-order valence-corrected chi connectivity index (χ1v) is 7.76. The Balaban J connectivity index is 1.50. The molecule has 2 amide bonds. The third kappa shape index (κ3) is 4.20. The average molecular weight is 342 g/mol. The first kappa shape index (κ1) is 16.6. The number of hydrazine groups is 1. The zero-order chi connectivity index (χ0) is 17.6. The number of fused-ring (bicyclic) bond motifs is 1. The minimum atomic E-state index is -0.827. The van der Waals surface area contributed by atoms with E-state index in [4.69, 9.17) is 14.2 Å². The fourth-order valence-corrected chi connectivity index (χ4v) is 2.37. The first-order chi connectivity index (χ1) is 12.2. The van der Waals surface area contributed by atoms with Crippen molar-refractivity contribution in [3.05, 3.63) is 54.1 Å². The molecule has 0 saturated carbocycles. The molecule has 0 aromatic heterocycles. The molecule has 7 nitrogen and oxygen atoms in total. The van der Waals surface area contributed by atoms with E-state index in [1.165, 1.54) is 0 Å². The van der Waals surface area contributed by atoms with Crippen LogP contribution in [0, 0.1) is 0 Å². The fourth-order valence-electron chi connectivity index (χ4n) is 2.37. The van der Waals surface area contributed by atoms with Gasteiger partial charge in [0.1, 0.15) is 12.4 Å². The van der Waals surface area contributed by atoms with Gasteiger partial charge >= 0.3 is 0 Å². The highest BCUT2D eigenvalue weighted by atomic mass is 16.6. The Morgan fingerprint density at radius 2 is 1.92 bits per heavy atom. The maximum atomic E-state index is 12.1. The van der Waals surface area contributed by atoms with E-state index >= 15 is 0 Å². The van der Waals surface area contributed by atoms with Crippen molar-refractivity contribution in [2.75, 3.05) is 13.7 Å². The monoisotopic (exact) mass is 342 g/mol. The van der Waals surface area contributed by atoms with Gasteiger partial charge in [0, 0.05) is 0 Å². The normalized spacial score (nSPS) is 15.2. The second-order valence-electron chi connectivity index (χ2n) is 5.43. The van der Waals surface area contributed by atoms with E-state index in [0.29, 0.717) is 17.2 Å². The van der Waals surface area contributed by atoms with Crippen molar-refractivity contribution in [2.24, 2.45) is 0 Å². The van der Waals surface area contributed by atoms with Crippen molar-refractivity contribution < 1.29 is 23.8 Å². The van der Waals surface area contributed by atoms with Crippen molar-refractivity contribution in [3.8, 4) is 17.2 Å². The number of benzene rings is 2. The van der Waals surface area contributed by atoms with E-state index in [1.54, 1.807) is 49.6 Å². The molecule has 25 heavy (non-hydrogen) atoms. The molecule has 130 valence electrons. The number of ether oxygens (including phenoxy) is 3. The molecule has 0 saturated heterocycles. The van der Waals surface area contributed by atoms with Crippen molar-refractivity contribution in [1.29, 1.82) is 0 Å². The van der Waals surface area contributed by atoms with Crippen LogP contribution in [0.4, 0.5) is 0 Å². The van der Waals surface area contributed by atoms with E-state index in [1.807, 2.05) is 6.07 Å². The Labute approximate surface area is 144 Å². The number of carbonyl (C=O) groups excluding carboxylic acids is 2. The minimum Gasteiger partial charge on any atom is -0.497 e. The smallest absolute Gasteiger partial charge is 0.283 e. The quantitative estimate of drug-likeness (QED) is 0.816. The van der Waals surface area contributed by atoms with Crippen LogP contribution >= 0.6 is 0 Å². The van der Waals surface area contributed by atoms with Gasteiger partial charge < -0.3 is 14.2 Å². The summed E-state index contributed by atoms with van der Waals surface area (Å²) in [4.78, 5) is 24.1. The molecule has 0 spiro atoms. The van der Waals surface area contributed by atoms with Crippen molar-refractivity contribution in [1.82, 2.24) is 10.9 Å². The maximum absolute atomic E-state index is 12.1. The summed E-state index contributed by atoms with van der Waals surface area (Å²) in [6.07, 6.45) is -0.713. The van der Waals surface area contributed by atoms with Crippen LogP contribution in [0.15, 0.2) is 48.5 Å². The molecule has 3 rings (SSSR count). The molecular formula is C18H18N2O5. The molecule has 1 aliphatic heterocycles. The first-order valence-electron chi connectivity index (χ1n) is 7.76. The summed E-state index contributed by atoms with van der Waals surface area (Å²) in [6.45, 7) is 0.0780. The van der Waals surface area contributed by atoms with Crippen molar-refractivity contribution >= 4 is 11.8 Å². The topological polar surface area (TPSA) is 85.9 Å². The summed E-state index contributed by atoms with van der Waals surface area (Å²) in [5.74, 6) is 0.929. The lowest BCUT2D eigenvalue weighted by Crippen LogP contribution is -2.51. The lowest BCUT2D eigenvalue weighted by molar-refractivity contribution is -0.134. The molecule has 0 aliphatic carbocycles. The van der Waals surface area contributed by atoms with Crippen LogP contribution in [0.5, 0.6) is 17.2 Å². The van der Waals surface area contributed by atoms with Crippen molar-refractivity contribution in [3.63, 3.8) is 0 Å². The van der Waals surface area contributed by atoms with Crippen LogP contribution in [0.3, 0.4) is 0 Å². The van der Waals surface area contributed by atoms with E-state index in [9.17, 15) is 9.59 Å². The number of amides is 2. The summed E-state index contributed by atoms with van der Waals surface area (Å²) in [5, 5.41) is 0.